The summed E-state index contributed by atoms with van der Waals surface area (Å²) in [7, 11) is 0. The average molecular weight is 296 g/mol. The monoisotopic (exact) mass is 296 g/mol. The molecule has 0 aromatic heterocycles. The molecule has 0 aliphatic carbocycles. The summed E-state index contributed by atoms with van der Waals surface area (Å²) in [4.78, 5) is 14.4. The third kappa shape index (κ3) is 3.52. The molecule has 0 spiro atoms. The van der Waals surface area contributed by atoms with E-state index in [1.165, 1.54) is 6.07 Å². The topological polar surface area (TPSA) is 32.3 Å². The Bertz CT molecular complexity index is 485. The van der Waals surface area contributed by atoms with Crippen molar-refractivity contribution in [3.8, 4) is 0 Å². The van der Waals surface area contributed by atoms with E-state index >= 15 is 0 Å². The van der Waals surface area contributed by atoms with E-state index in [0.29, 0.717) is 30.0 Å². The highest BCUT2D eigenvalue weighted by Gasteiger charge is 2.25. The fourth-order valence-electron chi connectivity index (χ4n) is 2.65. The van der Waals surface area contributed by atoms with Crippen LogP contribution >= 0.6 is 11.8 Å². The van der Waals surface area contributed by atoms with Crippen molar-refractivity contribution in [3.63, 3.8) is 0 Å². The molecule has 2 atom stereocenters. The molecule has 20 heavy (non-hydrogen) atoms. The largest absolute Gasteiger partial charge is 0.336 e. The van der Waals surface area contributed by atoms with Crippen molar-refractivity contribution in [2.24, 2.45) is 0 Å². The molecule has 3 nitrogen and oxygen atoms in total. The molecule has 1 N–H and O–H groups in total. The number of thioether (sulfide) groups is 1. The molecule has 2 rings (SSSR count). The van der Waals surface area contributed by atoms with Crippen molar-refractivity contribution < 1.29 is 9.18 Å². The van der Waals surface area contributed by atoms with E-state index in [9.17, 15) is 9.18 Å². The maximum atomic E-state index is 13.6. The predicted octanol–water partition coefficient (Wildman–Crippen LogP) is 2.51. The Hall–Kier alpha value is -1.07. The van der Waals surface area contributed by atoms with Crippen LogP contribution in [0, 0.1) is 5.82 Å². The summed E-state index contributed by atoms with van der Waals surface area (Å²) >= 11 is 1.55. The number of amides is 1. The van der Waals surface area contributed by atoms with Gasteiger partial charge in [-0.3, -0.25) is 4.79 Å². The molecule has 1 aliphatic rings. The van der Waals surface area contributed by atoms with Crippen LogP contribution in [-0.4, -0.2) is 42.2 Å². The van der Waals surface area contributed by atoms with E-state index < -0.39 is 0 Å². The van der Waals surface area contributed by atoms with Gasteiger partial charge >= 0.3 is 0 Å². The van der Waals surface area contributed by atoms with Crippen molar-refractivity contribution in [1.82, 2.24) is 10.2 Å². The summed E-state index contributed by atoms with van der Waals surface area (Å²) in [6.07, 6.45) is 1.92. The SMILES string of the molecule is CSCc1cc(C(=O)N2C[C@@H](C)N[C@H](C)C2)ccc1F. The Morgan fingerprint density at radius 3 is 2.65 bits per heavy atom. The van der Waals surface area contributed by atoms with Crippen molar-refractivity contribution in [2.75, 3.05) is 19.3 Å². The second-order valence-electron chi connectivity index (χ2n) is 5.42. The third-order valence-corrected chi connectivity index (χ3v) is 4.04. The first-order valence-corrected chi connectivity index (χ1v) is 8.23. The van der Waals surface area contributed by atoms with E-state index in [-0.39, 0.29) is 23.8 Å². The number of halogens is 1. The molecule has 1 amide bonds. The van der Waals surface area contributed by atoms with Crippen LogP contribution in [0.2, 0.25) is 0 Å². The van der Waals surface area contributed by atoms with E-state index in [1.807, 2.05) is 11.2 Å². The van der Waals surface area contributed by atoms with Gasteiger partial charge in [0, 0.05) is 36.5 Å². The molecule has 1 aromatic carbocycles. The van der Waals surface area contributed by atoms with Crippen LogP contribution in [0.1, 0.15) is 29.8 Å². The van der Waals surface area contributed by atoms with Gasteiger partial charge in [-0.2, -0.15) is 11.8 Å². The van der Waals surface area contributed by atoms with Crippen LogP contribution in [0.3, 0.4) is 0 Å². The van der Waals surface area contributed by atoms with Crippen LogP contribution in [0.15, 0.2) is 18.2 Å². The van der Waals surface area contributed by atoms with E-state index in [1.54, 1.807) is 23.9 Å². The maximum absolute atomic E-state index is 13.6. The van der Waals surface area contributed by atoms with Crippen molar-refractivity contribution in [1.29, 1.82) is 0 Å². The summed E-state index contributed by atoms with van der Waals surface area (Å²) < 4.78 is 13.6. The van der Waals surface area contributed by atoms with Crippen molar-refractivity contribution >= 4 is 17.7 Å². The third-order valence-electron chi connectivity index (χ3n) is 3.44. The summed E-state index contributed by atoms with van der Waals surface area (Å²) in [6, 6.07) is 5.24. The standard InChI is InChI=1S/C15H21FN2OS/c1-10-7-18(8-11(2)17-10)15(19)12-4-5-14(16)13(6-12)9-20-3/h4-6,10-11,17H,7-9H2,1-3H3/t10-,11-/m1/s1. The van der Waals surface area contributed by atoms with Crippen molar-refractivity contribution in [2.45, 2.75) is 31.7 Å². The van der Waals surface area contributed by atoms with Gasteiger partial charge in [0.15, 0.2) is 0 Å². The van der Waals surface area contributed by atoms with Crippen LogP contribution < -0.4 is 5.32 Å². The Morgan fingerprint density at radius 1 is 1.40 bits per heavy atom. The number of piperazine rings is 1. The Balaban J connectivity index is 2.18. The van der Waals surface area contributed by atoms with Gasteiger partial charge in [0.2, 0.25) is 0 Å². The molecule has 0 bridgehead atoms. The van der Waals surface area contributed by atoms with Gasteiger partial charge in [0.1, 0.15) is 5.82 Å². The quantitative estimate of drug-likeness (QED) is 0.930. The molecular weight excluding hydrogens is 275 g/mol. The minimum absolute atomic E-state index is 0.00690. The molecule has 1 heterocycles. The molecule has 0 saturated carbocycles. The van der Waals surface area contributed by atoms with Gasteiger partial charge in [0.05, 0.1) is 0 Å². The maximum Gasteiger partial charge on any atom is 0.253 e. The zero-order valence-corrected chi connectivity index (χ0v) is 13.0. The fourth-order valence-corrected chi connectivity index (χ4v) is 3.18. The fraction of sp³-hybridized carbons (Fsp3) is 0.533. The molecule has 0 unspecified atom stereocenters. The first-order valence-electron chi connectivity index (χ1n) is 6.84. The Morgan fingerprint density at radius 2 is 2.05 bits per heavy atom. The van der Waals surface area contributed by atoms with Gasteiger partial charge in [-0.25, -0.2) is 4.39 Å². The van der Waals surface area contributed by atoms with Gasteiger partial charge in [-0.05, 0) is 43.9 Å². The lowest BCUT2D eigenvalue weighted by Gasteiger charge is -2.36. The molecule has 1 saturated heterocycles. The summed E-state index contributed by atoms with van der Waals surface area (Å²) in [5.74, 6) is 0.340. The summed E-state index contributed by atoms with van der Waals surface area (Å²) in [5.41, 5.74) is 1.18. The number of hydrogen-bond acceptors (Lipinski definition) is 3. The first kappa shape index (κ1) is 15.3. The van der Waals surface area contributed by atoms with Crippen LogP contribution in [-0.2, 0) is 5.75 Å². The molecule has 0 radical (unpaired) electrons. The normalized spacial score (nSPS) is 22.9. The van der Waals surface area contributed by atoms with E-state index in [2.05, 4.69) is 19.2 Å². The van der Waals surface area contributed by atoms with E-state index in [0.717, 1.165) is 0 Å². The number of hydrogen-bond donors (Lipinski definition) is 1. The molecule has 1 aliphatic heterocycles. The first-order chi connectivity index (χ1) is 9.51. The highest BCUT2D eigenvalue weighted by molar-refractivity contribution is 7.97. The van der Waals surface area contributed by atoms with E-state index in [4.69, 9.17) is 0 Å². The number of nitrogens with one attached hydrogen (secondary N) is 1. The lowest BCUT2D eigenvalue weighted by atomic mass is 10.1. The zero-order chi connectivity index (χ0) is 14.7. The molecule has 1 aromatic rings. The molecule has 1 fully saturated rings. The Kier molecular flexibility index (Phi) is 5.05. The van der Waals surface area contributed by atoms with Crippen molar-refractivity contribution in [3.05, 3.63) is 35.1 Å². The Labute approximate surface area is 123 Å². The minimum Gasteiger partial charge on any atom is -0.336 e. The summed E-state index contributed by atoms with van der Waals surface area (Å²) in [6.45, 7) is 5.52. The van der Waals surface area contributed by atoms with Gasteiger partial charge in [-0.15, -0.1) is 0 Å². The summed E-state index contributed by atoms with van der Waals surface area (Å²) in [5, 5.41) is 3.40. The highest BCUT2D eigenvalue weighted by Crippen LogP contribution is 2.18. The van der Waals surface area contributed by atoms with Gasteiger partial charge in [-0.1, -0.05) is 0 Å². The van der Waals surface area contributed by atoms with Gasteiger partial charge in [0.25, 0.3) is 5.91 Å². The van der Waals surface area contributed by atoms with Crippen LogP contribution in [0.4, 0.5) is 4.39 Å². The number of nitrogens with zero attached hydrogens (tertiary/aromatic N) is 1. The smallest absolute Gasteiger partial charge is 0.253 e. The molecule has 5 heteroatoms. The number of carbonyl (C=O) groups excluding carboxylic acids is 1. The predicted molar refractivity (Wildman–Crippen MR) is 81.6 cm³/mol. The number of benzene rings is 1. The number of rotatable bonds is 3. The number of carbonyl (C=O) groups is 1. The lowest BCUT2D eigenvalue weighted by Crippen LogP contribution is -2.55. The minimum atomic E-state index is -0.238. The average Bonchev–Trinajstić information content (AvgIpc) is 2.39. The molecular formula is C15H21FN2OS. The lowest BCUT2D eigenvalue weighted by molar-refractivity contribution is 0.0673. The zero-order valence-electron chi connectivity index (χ0n) is 12.1. The highest BCUT2D eigenvalue weighted by atomic mass is 32.2. The van der Waals surface area contributed by atoms with Crippen LogP contribution in [0.5, 0.6) is 0 Å². The van der Waals surface area contributed by atoms with Gasteiger partial charge < -0.3 is 10.2 Å². The second kappa shape index (κ2) is 6.59. The molecule has 110 valence electrons. The van der Waals surface area contributed by atoms with Crippen LogP contribution in [0.25, 0.3) is 0 Å². The second-order valence-corrected chi connectivity index (χ2v) is 6.28.